The van der Waals surface area contributed by atoms with Gasteiger partial charge in [-0.2, -0.15) is 0 Å². The summed E-state index contributed by atoms with van der Waals surface area (Å²) in [5, 5.41) is 21.6. The number of carbonyl (C=O) groups is 4. The minimum Gasteiger partial charge on any atom is -0.424 e. The van der Waals surface area contributed by atoms with Crippen LogP contribution in [0.4, 0.5) is 46.0 Å². The Kier molecular flexibility index (Phi) is 12.0. The van der Waals surface area contributed by atoms with Crippen molar-refractivity contribution in [2.24, 2.45) is 31.9 Å². The van der Waals surface area contributed by atoms with Crippen molar-refractivity contribution >= 4 is 69.8 Å². The van der Waals surface area contributed by atoms with Crippen LogP contribution in [-0.4, -0.2) is 46.8 Å². The molecular formula is C31H32N12O6. The fourth-order valence-corrected chi connectivity index (χ4v) is 3.93. The van der Waals surface area contributed by atoms with E-state index in [1.807, 2.05) is 0 Å². The normalized spacial score (nSPS) is 11.0. The second-order valence-corrected chi connectivity index (χ2v) is 9.96. The van der Waals surface area contributed by atoms with Crippen molar-refractivity contribution in [3.63, 3.8) is 0 Å². The Morgan fingerprint density at radius 1 is 0.694 bits per heavy atom. The van der Waals surface area contributed by atoms with E-state index in [4.69, 9.17) is 32.4 Å². The van der Waals surface area contributed by atoms with E-state index in [0.717, 1.165) is 0 Å². The maximum atomic E-state index is 13.0. The van der Waals surface area contributed by atoms with Crippen LogP contribution in [0.15, 0.2) is 87.2 Å². The summed E-state index contributed by atoms with van der Waals surface area (Å²) in [7, 11) is 0. The van der Waals surface area contributed by atoms with Gasteiger partial charge >= 0.3 is 11.9 Å². The van der Waals surface area contributed by atoms with Crippen molar-refractivity contribution < 1.29 is 28.7 Å². The van der Waals surface area contributed by atoms with Gasteiger partial charge in [0.1, 0.15) is 34.4 Å². The fourth-order valence-electron chi connectivity index (χ4n) is 3.93. The summed E-state index contributed by atoms with van der Waals surface area (Å²) in [6, 6.07) is 16.9. The van der Waals surface area contributed by atoms with Crippen LogP contribution in [0.1, 0.15) is 18.9 Å². The average molecular weight is 669 g/mol. The predicted octanol–water partition coefficient (Wildman–Crippen LogP) is 3.73. The average Bonchev–Trinajstić information content (AvgIpc) is 3.05. The fraction of sp³-hybridized carbons (Fsp3) is 0.161. The molecule has 0 saturated carbocycles. The van der Waals surface area contributed by atoms with Gasteiger partial charge in [0, 0.05) is 19.9 Å². The van der Waals surface area contributed by atoms with Crippen molar-refractivity contribution in [2.75, 3.05) is 35.2 Å². The number of nitrogen functional groups attached to an aromatic ring is 2. The molecule has 49 heavy (non-hydrogen) atoms. The van der Waals surface area contributed by atoms with Crippen molar-refractivity contribution in [3.05, 3.63) is 72.3 Å². The van der Waals surface area contributed by atoms with E-state index in [0.29, 0.717) is 5.56 Å². The second-order valence-electron chi connectivity index (χ2n) is 9.96. The molecule has 0 saturated heterocycles. The molecule has 0 bridgehead atoms. The number of nitrogens with one attached hydrogen (secondary N) is 2. The molecule has 0 radical (unpaired) electrons. The van der Waals surface area contributed by atoms with Crippen LogP contribution in [0.25, 0.3) is 0 Å². The predicted molar refractivity (Wildman–Crippen MR) is 179 cm³/mol. The third-order valence-corrected chi connectivity index (χ3v) is 6.14. The number of nitrogens with zero attached hydrogens (tertiary/aromatic N) is 6. The molecule has 2 aromatic heterocycles. The first kappa shape index (κ1) is 35.2. The Labute approximate surface area is 279 Å². The van der Waals surface area contributed by atoms with E-state index < -0.39 is 17.8 Å². The van der Waals surface area contributed by atoms with E-state index in [9.17, 15) is 19.2 Å². The van der Waals surface area contributed by atoms with Gasteiger partial charge in [0.2, 0.25) is 11.8 Å². The molecule has 2 aromatic carbocycles. The number of ether oxygens (including phenoxy) is 2. The number of pyridine rings is 2. The summed E-state index contributed by atoms with van der Waals surface area (Å²) in [6.45, 7) is 1.19. The van der Waals surface area contributed by atoms with Gasteiger partial charge in [-0.3, -0.25) is 19.2 Å². The number of hydrogen-bond acceptors (Lipinski definition) is 16. The molecule has 0 aliphatic rings. The van der Waals surface area contributed by atoms with Crippen LogP contribution in [0.5, 0.6) is 11.5 Å². The lowest BCUT2D eigenvalue weighted by molar-refractivity contribution is -0.134. The molecule has 0 aliphatic heterocycles. The van der Waals surface area contributed by atoms with Gasteiger partial charge in [-0.05, 0) is 54.1 Å². The zero-order valence-electron chi connectivity index (χ0n) is 26.1. The summed E-state index contributed by atoms with van der Waals surface area (Å²) in [5.41, 5.74) is 23.8. The van der Waals surface area contributed by atoms with Gasteiger partial charge in [0.25, 0.3) is 0 Å². The van der Waals surface area contributed by atoms with E-state index in [1.54, 1.807) is 24.3 Å². The highest BCUT2D eigenvalue weighted by atomic mass is 16.5. The van der Waals surface area contributed by atoms with Crippen LogP contribution in [0, 0.1) is 0 Å². The molecule has 0 aliphatic carbocycles. The first-order valence-electron chi connectivity index (χ1n) is 14.5. The molecule has 2 heterocycles. The highest BCUT2D eigenvalue weighted by Gasteiger charge is 2.14. The molecule has 0 unspecified atom stereocenters. The number of para-hydroxylation sites is 1. The van der Waals surface area contributed by atoms with Crippen LogP contribution in [-0.2, 0) is 25.6 Å². The first-order chi connectivity index (χ1) is 23.5. The molecule has 10 N–H and O–H groups in total. The highest BCUT2D eigenvalue weighted by molar-refractivity contribution is 5.91. The van der Waals surface area contributed by atoms with Gasteiger partial charge in [0.05, 0.1) is 13.0 Å². The number of hydrogen-bond donors (Lipinski definition) is 6. The number of aromatic nitrogens is 2. The molecule has 18 heteroatoms. The molecule has 0 fully saturated rings. The van der Waals surface area contributed by atoms with Gasteiger partial charge in [-0.25, -0.2) is 9.97 Å². The third-order valence-electron chi connectivity index (χ3n) is 6.14. The Morgan fingerprint density at radius 2 is 1.27 bits per heavy atom. The van der Waals surface area contributed by atoms with Crippen molar-refractivity contribution in [1.82, 2.24) is 9.97 Å². The maximum Gasteiger partial charge on any atom is 0.315 e. The van der Waals surface area contributed by atoms with Gasteiger partial charge in [0.15, 0.2) is 23.1 Å². The first-order valence-corrected chi connectivity index (χ1v) is 14.5. The molecule has 4 rings (SSSR count). The largest absolute Gasteiger partial charge is 0.424 e. The van der Waals surface area contributed by atoms with Gasteiger partial charge in [-0.15, -0.1) is 20.5 Å². The van der Waals surface area contributed by atoms with E-state index in [2.05, 4.69) is 41.1 Å². The summed E-state index contributed by atoms with van der Waals surface area (Å²) >= 11 is 0. The number of esters is 2. The Morgan fingerprint density at radius 3 is 1.86 bits per heavy atom. The molecule has 0 atom stereocenters. The topological polar surface area (TPSA) is 290 Å². The zero-order valence-corrected chi connectivity index (χ0v) is 26.1. The number of benzene rings is 2. The summed E-state index contributed by atoms with van der Waals surface area (Å²) in [6.07, 6.45) is -0.0890. The van der Waals surface area contributed by atoms with Crippen molar-refractivity contribution in [1.29, 1.82) is 0 Å². The lowest BCUT2D eigenvalue weighted by Crippen LogP contribution is -2.22. The van der Waals surface area contributed by atoms with E-state index >= 15 is 0 Å². The minimum absolute atomic E-state index is 0.000914. The Balaban J connectivity index is 1.48. The quantitative estimate of drug-likeness (QED) is 0.0675. The molecular weight excluding hydrogens is 636 g/mol. The molecule has 0 spiro atoms. The third kappa shape index (κ3) is 10.4. The van der Waals surface area contributed by atoms with Gasteiger partial charge < -0.3 is 43.0 Å². The number of nitrogens with two attached hydrogens (primary N) is 4. The lowest BCUT2D eigenvalue weighted by atomic mass is 10.1. The monoisotopic (exact) mass is 668 g/mol. The van der Waals surface area contributed by atoms with Crippen molar-refractivity contribution in [3.8, 4) is 11.5 Å². The number of rotatable bonds is 13. The summed E-state index contributed by atoms with van der Waals surface area (Å²) < 4.78 is 10.8. The highest BCUT2D eigenvalue weighted by Crippen LogP contribution is 2.34. The SMILES string of the molecule is CC(=O)Oc1ccc(CC(=O)Oc2ccccc2/N=N/c2ccc(NC(=O)CN)nc2N)cc1/N=N/c1ccc(NC(=O)CCN)nc1N. The van der Waals surface area contributed by atoms with Crippen LogP contribution in [0.2, 0.25) is 0 Å². The Hall–Kier alpha value is -6.66. The standard InChI is InChI=1S/C31H32N12O6/c1-17(44)48-24-9-6-18(14-22(24)43-42-21-7-10-25(38-31(21)35)36-27(45)12-13-32)15-29(47)49-23-5-3-2-4-19(23)40-41-20-8-11-26(39-30(20)34)37-28(46)16-33/h2-11,14H,12-13,15-16,32-33H2,1H3,(H3,34,37,39,46)(H3,35,36,38,45)/b41-40+,43-42+. The molecule has 18 nitrogen and oxygen atoms in total. The summed E-state index contributed by atoms with van der Waals surface area (Å²) in [4.78, 5) is 56.1. The van der Waals surface area contributed by atoms with E-state index in [1.165, 1.54) is 49.4 Å². The molecule has 252 valence electrons. The number of anilines is 4. The second kappa shape index (κ2) is 16.8. The Bertz CT molecular complexity index is 1930. The van der Waals surface area contributed by atoms with Gasteiger partial charge in [-0.1, -0.05) is 18.2 Å². The maximum absolute atomic E-state index is 13.0. The zero-order chi connectivity index (χ0) is 35.3. The van der Waals surface area contributed by atoms with Crippen molar-refractivity contribution in [2.45, 2.75) is 19.8 Å². The smallest absolute Gasteiger partial charge is 0.315 e. The lowest BCUT2D eigenvalue weighted by Gasteiger charge is -2.09. The number of azo groups is 2. The van der Waals surface area contributed by atoms with Crippen LogP contribution >= 0.6 is 0 Å². The van der Waals surface area contributed by atoms with Crippen LogP contribution < -0.4 is 43.0 Å². The number of amides is 2. The molecule has 2 amide bonds. The minimum atomic E-state index is -0.646. The summed E-state index contributed by atoms with van der Waals surface area (Å²) in [5.74, 6) is -1.40. The number of carbonyl (C=O) groups excluding carboxylic acids is 4. The van der Waals surface area contributed by atoms with E-state index in [-0.39, 0.29) is 89.4 Å². The van der Waals surface area contributed by atoms with Crippen LogP contribution in [0.3, 0.4) is 0 Å². The molecule has 4 aromatic rings.